The summed E-state index contributed by atoms with van der Waals surface area (Å²) in [6.45, 7) is 0.221. The minimum absolute atomic E-state index is 0.0978. The van der Waals surface area contributed by atoms with E-state index in [0.717, 1.165) is 6.07 Å². The number of rotatable bonds is 7. The van der Waals surface area contributed by atoms with Crippen molar-refractivity contribution >= 4 is 35.7 Å². The van der Waals surface area contributed by atoms with E-state index in [1.807, 2.05) is 0 Å². The van der Waals surface area contributed by atoms with Gasteiger partial charge in [-0.25, -0.2) is 8.42 Å². The molecule has 10 heteroatoms. The smallest absolute Gasteiger partial charge is 0.494 e. The molecule has 4 nitrogen and oxygen atoms in total. The third-order valence-electron chi connectivity index (χ3n) is 2.18. The molecule has 0 atom stereocenters. The van der Waals surface area contributed by atoms with E-state index in [1.165, 1.54) is 12.1 Å². The van der Waals surface area contributed by atoms with E-state index in [2.05, 4.69) is 20.7 Å². The lowest BCUT2D eigenvalue weighted by atomic mass is 10.3. The minimum atomic E-state index is -4.77. The van der Waals surface area contributed by atoms with Crippen molar-refractivity contribution in [2.75, 3.05) is 12.4 Å². The van der Waals surface area contributed by atoms with Crippen LogP contribution in [0.25, 0.3) is 0 Å². The molecule has 0 unspecified atom stereocenters. The van der Waals surface area contributed by atoms with Crippen LogP contribution in [0, 0.1) is 0 Å². The van der Waals surface area contributed by atoms with Crippen molar-refractivity contribution in [1.82, 2.24) is 0 Å². The number of hydrogen-bond acceptors (Lipinski definition) is 4. The molecule has 0 spiro atoms. The van der Waals surface area contributed by atoms with Crippen LogP contribution in [0.5, 0.6) is 11.5 Å². The number of alkyl halides is 3. The van der Waals surface area contributed by atoms with Crippen LogP contribution in [-0.2, 0) is 9.05 Å². The van der Waals surface area contributed by atoms with Gasteiger partial charge >= 0.3 is 6.36 Å². The summed E-state index contributed by atoms with van der Waals surface area (Å²) in [7, 11) is 1.53. The third-order valence-corrected chi connectivity index (χ3v) is 4.04. The average molecular weight is 412 g/mol. The van der Waals surface area contributed by atoms with Gasteiger partial charge in [0.2, 0.25) is 9.05 Å². The van der Waals surface area contributed by atoms with Gasteiger partial charge in [-0.15, -0.1) is 13.2 Å². The van der Waals surface area contributed by atoms with Crippen LogP contribution in [0.15, 0.2) is 22.7 Å². The highest BCUT2D eigenvalue weighted by molar-refractivity contribution is 9.10. The summed E-state index contributed by atoms with van der Waals surface area (Å²) < 4.78 is 66.7. The Balaban J connectivity index is 2.45. The molecule has 0 aromatic heterocycles. The first-order chi connectivity index (χ1) is 9.57. The van der Waals surface area contributed by atoms with Crippen LogP contribution in [0.2, 0.25) is 0 Å². The zero-order valence-corrected chi connectivity index (χ0v) is 13.6. The van der Waals surface area contributed by atoms with Gasteiger partial charge in [-0.05, 0) is 47.0 Å². The number of ether oxygens (including phenoxy) is 2. The fraction of sp³-hybridized carbons (Fsp3) is 0.455. The molecule has 0 aliphatic rings. The van der Waals surface area contributed by atoms with Gasteiger partial charge in [0.15, 0.2) is 0 Å². The molecule has 0 aliphatic heterocycles. The normalized spacial score (nSPS) is 12.2. The van der Waals surface area contributed by atoms with Crippen LogP contribution < -0.4 is 9.47 Å². The highest BCUT2D eigenvalue weighted by Crippen LogP contribution is 2.33. The second-order valence-corrected chi connectivity index (χ2v) is 7.69. The highest BCUT2D eigenvalue weighted by atomic mass is 79.9. The SMILES string of the molecule is O=S(=O)(Cl)CCCCOc1ccc(OC(F)(F)F)c(Br)c1. The number of unbranched alkanes of at least 4 members (excludes halogenated alkanes) is 1. The van der Waals surface area contributed by atoms with Crippen molar-refractivity contribution in [3.63, 3.8) is 0 Å². The molecule has 0 saturated heterocycles. The van der Waals surface area contributed by atoms with E-state index < -0.39 is 15.4 Å². The maximum Gasteiger partial charge on any atom is 0.573 e. The Kier molecular flexibility index (Phi) is 6.61. The van der Waals surface area contributed by atoms with Gasteiger partial charge in [0.05, 0.1) is 16.8 Å². The molecule has 0 heterocycles. The molecule has 0 aliphatic carbocycles. The number of halogens is 5. The zero-order chi connectivity index (χ0) is 16.1. The quantitative estimate of drug-likeness (QED) is 0.501. The first kappa shape index (κ1) is 18.4. The Labute approximate surface area is 132 Å². The molecule has 0 fully saturated rings. The summed E-state index contributed by atoms with van der Waals surface area (Å²) in [5, 5.41) is 0. The van der Waals surface area contributed by atoms with Crippen LogP contribution in [-0.4, -0.2) is 27.1 Å². The van der Waals surface area contributed by atoms with E-state index in [4.69, 9.17) is 15.4 Å². The predicted octanol–water partition coefficient (Wildman–Crippen LogP) is 4.08. The Morgan fingerprint density at radius 1 is 1.24 bits per heavy atom. The summed E-state index contributed by atoms with van der Waals surface area (Å²) in [6, 6.07) is 3.78. The molecular weight excluding hydrogens is 401 g/mol. The lowest BCUT2D eigenvalue weighted by molar-refractivity contribution is -0.274. The lowest BCUT2D eigenvalue weighted by Crippen LogP contribution is -2.17. The fourth-order valence-electron chi connectivity index (χ4n) is 1.35. The molecule has 0 saturated carbocycles. The van der Waals surface area contributed by atoms with Crippen LogP contribution in [0.1, 0.15) is 12.8 Å². The van der Waals surface area contributed by atoms with Crippen molar-refractivity contribution in [1.29, 1.82) is 0 Å². The first-order valence-corrected chi connectivity index (χ1v) is 8.94. The summed E-state index contributed by atoms with van der Waals surface area (Å²) in [6.07, 6.45) is -3.98. The molecule has 0 amide bonds. The molecule has 1 aromatic carbocycles. The second kappa shape index (κ2) is 7.55. The zero-order valence-electron chi connectivity index (χ0n) is 10.5. The predicted molar refractivity (Wildman–Crippen MR) is 75.2 cm³/mol. The van der Waals surface area contributed by atoms with Crippen LogP contribution in [0.4, 0.5) is 13.2 Å². The van der Waals surface area contributed by atoms with Crippen molar-refractivity contribution in [2.24, 2.45) is 0 Å². The molecule has 0 N–H and O–H groups in total. The van der Waals surface area contributed by atoms with Crippen molar-refractivity contribution in [3.05, 3.63) is 22.7 Å². The van der Waals surface area contributed by atoms with Crippen LogP contribution in [0.3, 0.4) is 0 Å². The van der Waals surface area contributed by atoms with Gasteiger partial charge in [0.1, 0.15) is 11.5 Å². The van der Waals surface area contributed by atoms with Gasteiger partial charge in [0, 0.05) is 10.7 Å². The summed E-state index contributed by atoms with van der Waals surface area (Å²) >= 11 is 2.95. The van der Waals surface area contributed by atoms with Crippen molar-refractivity contribution in [3.8, 4) is 11.5 Å². The molecule has 0 radical (unpaired) electrons. The first-order valence-electron chi connectivity index (χ1n) is 5.67. The topological polar surface area (TPSA) is 52.6 Å². The van der Waals surface area contributed by atoms with E-state index >= 15 is 0 Å². The Bertz CT molecular complexity index is 577. The van der Waals surface area contributed by atoms with Crippen LogP contribution >= 0.6 is 26.6 Å². The van der Waals surface area contributed by atoms with E-state index in [-0.39, 0.29) is 22.6 Å². The number of hydrogen-bond donors (Lipinski definition) is 0. The lowest BCUT2D eigenvalue weighted by Gasteiger charge is -2.12. The summed E-state index contributed by atoms with van der Waals surface area (Å²) in [4.78, 5) is 0. The summed E-state index contributed by atoms with van der Waals surface area (Å²) in [5.41, 5.74) is 0. The van der Waals surface area contributed by atoms with E-state index in [0.29, 0.717) is 18.6 Å². The van der Waals surface area contributed by atoms with Gasteiger partial charge in [0.25, 0.3) is 0 Å². The van der Waals surface area contributed by atoms with Gasteiger partial charge in [-0.3, -0.25) is 0 Å². The molecule has 1 aromatic rings. The van der Waals surface area contributed by atoms with Gasteiger partial charge in [-0.2, -0.15) is 0 Å². The van der Waals surface area contributed by atoms with E-state index in [1.54, 1.807) is 0 Å². The summed E-state index contributed by atoms with van der Waals surface area (Å²) in [5.74, 6) is -0.187. The standard InChI is InChI=1S/C11H11BrClF3O4S/c12-9-7-8(3-4-10(9)20-11(14,15)16)19-5-1-2-6-21(13,17)18/h3-4,7H,1-2,5-6H2. The van der Waals surface area contributed by atoms with Crippen molar-refractivity contribution in [2.45, 2.75) is 19.2 Å². The largest absolute Gasteiger partial charge is 0.573 e. The maximum atomic E-state index is 12.1. The Morgan fingerprint density at radius 3 is 2.43 bits per heavy atom. The second-order valence-electron chi connectivity index (χ2n) is 3.94. The minimum Gasteiger partial charge on any atom is -0.494 e. The average Bonchev–Trinajstić information content (AvgIpc) is 2.29. The third kappa shape index (κ3) is 8.37. The molecular formula is C11H11BrClF3O4S. The van der Waals surface area contributed by atoms with Crippen molar-refractivity contribution < 1.29 is 31.1 Å². The molecule has 120 valence electrons. The monoisotopic (exact) mass is 410 g/mol. The Morgan fingerprint density at radius 2 is 1.90 bits per heavy atom. The van der Waals surface area contributed by atoms with Gasteiger partial charge in [-0.1, -0.05) is 0 Å². The van der Waals surface area contributed by atoms with Gasteiger partial charge < -0.3 is 9.47 Å². The highest BCUT2D eigenvalue weighted by Gasteiger charge is 2.31. The Hall–Kier alpha value is -0.670. The number of benzene rings is 1. The fourth-order valence-corrected chi connectivity index (χ4v) is 2.66. The molecule has 21 heavy (non-hydrogen) atoms. The maximum absolute atomic E-state index is 12.1. The van der Waals surface area contributed by atoms with E-state index in [9.17, 15) is 21.6 Å². The molecule has 0 bridgehead atoms. The molecule has 1 rings (SSSR count).